The standard InChI is InChI=1S/C13H11ClN2O3/c1-7-4-12(18)9(6-15-7)13(19)16-11-3-2-8(17)5-10(11)14/h2-6,17H,1H3,(H,15,18)(H,16,19). The number of amides is 1. The topological polar surface area (TPSA) is 82.2 Å². The van der Waals surface area contributed by atoms with Gasteiger partial charge in [0.1, 0.15) is 11.3 Å². The second-order valence-electron chi connectivity index (χ2n) is 4.01. The van der Waals surface area contributed by atoms with Gasteiger partial charge in [0.05, 0.1) is 10.7 Å². The van der Waals surface area contributed by atoms with Crippen LogP contribution in [0.4, 0.5) is 5.69 Å². The number of aryl methyl sites for hydroxylation is 1. The number of H-pyrrole nitrogens is 1. The van der Waals surface area contributed by atoms with Gasteiger partial charge >= 0.3 is 0 Å². The van der Waals surface area contributed by atoms with Crippen molar-refractivity contribution in [3.8, 4) is 5.75 Å². The summed E-state index contributed by atoms with van der Waals surface area (Å²) in [7, 11) is 0. The summed E-state index contributed by atoms with van der Waals surface area (Å²) in [6.07, 6.45) is 1.35. The number of carbonyl (C=O) groups is 1. The lowest BCUT2D eigenvalue weighted by molar-refractivity contribution is 0.102. The fourth-order valence-electron chi connectivity index (χ4n) is 1.55. The molecule has 0 aliphatic heterocycles. The van der Waals surface area contributed by atoms with Gasteiger partial charge in [-0.25, -0.2) is 0 Å². The van der Waals surface area contributed by atoms with E-state index in [1.807, 2.05) is 0 Å². The summed E-state index contributed by atoms with van der Waals surface area (Å²) in [5.41, 5.74) is 0.618. The Kier molecular flexibility index (Phi) is 3.57. The fraction of sp³-hybridized carbons (Fsp3) is 0.0769. The first kappa shape index (κ1) is 13.2. The number of benzene rings is 1. The van der Waals surface area contributed by atoms with Crippen LogP contribution in [0, 0.1) is 6.92 Å². The zero-order valence-electron chi connectivity index (χ0n) is 10.0. The summed E-state index contributed by atoms with van der Waals surface area (Å²) in [4.78, 5) is 26.4. The van der Waals surface area contributed by atoms with Crippen molar-refractivity contribution < 1.29 is 9.90 Å². The van der Waals surface area contributed by atoms with Crippen molar-refractivity contribution in [1.82, 2.24) is 4.98 Å². The molecular formula is C13H11ClN2O3. The number of carbonyl (C=O) groups excluding carboxylic acids is 1. The highest BCUT2D eigenvalue weighted by molar-refractivity contribution is 6.34. The molecule has 19 heavy (non-hydrogen) atoms. The molecule has 0 bridgehead atoms. The summed E-state index contributed by atoms with van der Waals surface area (Å²) in [5, 5.41) is 11.9. The van der Waals surface area contributed by atoms with E-state index in [2.05, 4.69) is 10.3 Å². The van der Waals surface area contributed by atoms with E-state index in [1.54, 1.807) is 6.92 Å². The number of halogens is 1. The maximum atomic E-state index is 11.9. The Hall–Kier alpha value is -2.27. The van der Waals surface area contributed by atoms with Crippen LogP contribution in [0.3, 0.4) is 0 Å². The smallest absolute Gasteiger partial charge is 0.261 e. The first-order chi connectivity index (χ1) is 8.97. The van der Waals surface area contributed by atoms with Crippen molar-refractivity contribution >= 4 is 23.2 Å². The van der Waals surface area contributed by atoms with Gasteiger partial charge in [0, 0.05) is 24.0 Å². The van der Waals surface area contributed by atoms with Crippen LogP contribution in [-0.2, 0) is 0 Å². The number of anilines is 1. The number of aromatic nitrogens is 1. The predicted octanol–water partition coefficient (Wildman–Crippen LogP) is 2.29. The van der Waals surface area contributed by atoms with Gasteiger partial charge in [-0.05, 0) is 19.1 Å². The van der Waals surface area contributed by atoms with Crippen LogP contribution in [0.2, 0.25) is 5.02 Å². The molecule has 0 spiro atoms. The highest BCUT2D eigenvalue weighted by Gasteiger charge is 2.12. The Morgan fingerprint density at radius 2 is 2.11 bits per heavy atom. The minimum absolute atomic E-state index is 0.00354. The number of pyridine rings is 1. The summed E-state index contributed by atoms with van der Waals surface area (Å²) in [6.45, 7) is 1.72. The lowest BCUT2D eigenvalue weighted by Crippen LogP contribution is -2.21. The van der Waals surface area contributed by atoms with Gasteiger partial charge < -0.3 is 15.4 Å². The first-order valence-electron chi connectivity index (χ1n) is 5.46. The van der Waals surface area contributed by atoms with Gasteiger partial charge in [-0.1, -0.05) is 11.6 Å². The van der Waals surface area contributed by atoms with E-state index in [0.29, 0.717) is 11.4 Å². The second kappa shape index (κ2) is 5.16. The molecule has 1 amide bonds. The lowest BCUT2D eigenvalue weighted by Gasteiger charge is -2.07. The Balaban J connectivity index is 2.28. The van der Waals surface area contributed by atoms with Crippen molar-refractivity contribution in [2.24, 2.45) is 0 Å². The number of nitrogens with one attached hydrogen (secondary N) is 2. The van der Waals surface area contributed by atoms with Crippen LogP contribution in [0.5, 0.6) is 5.75 Å². The number of rotatable bonds is 2. The molecule has 0 unspecified atom stereocenters. The van der Waals surface area contributed by atoms with E-state index < -0.39 is 5.91 Å². The largest absolute Gasteiger partial charge is 0.508 e. The van der Waals surface area contributed by atoms with Crippen LogP contribution in [0.15, 0.2) is 35.3 Å². The molecule has 2 rings (SSSR count). The molecule has 2 aromatic rings. The molecule has 1 heterocycles. The average molecular weight is 279 g/mol. The number of phenols is 1. The molecule has 1 aromatic carbocycles. The van der Waals surface area contributed by atoms with Gasteiger partial charge in [0.15, 0.2) is 5.43 Å². The van der Waals surface area contributed by atoms with Gasteiger partial charge in [-0.2, -0.15) is 0 Å². The normalized spacial score (nSPS) is 10.2. The van der Waals surface area contributed by atoms with E-state index in [4.69, 9.17) is 11.6 Å². The Labute approximate surface area is 113 Å². The summed E-state index contributed by atoms with van der Waals surface area (Å²) in [5.74, 6) is -0.565. The zero-order chi connectivity index (χ0) is 14.0. The molecule has 3 N–H and O–H groups in total. The molecule has 0 radical (unpaired) electrons. The first-order valence-corrected chi connectivity index (χ1v) is 5.84. The minimum atomic E-state index is -0.561. The highest BCUT2D eigenvalue weighted by atomic mass is 35.5. The summed E-state index contributed by atoms with van der Waals surface area (Å²) in [6, 6.07) is 5.49. The maximum Gasteiger partial charge on any atom is 0.261 e. The monoisotopic (exact) mass is 278 g/mol. The number of hydrogen-bond acceptors (Lipinski definition) is 3. The van der Waals surface area contributed by atoms with Crippen molar-refractivity contribution in [2.75, 3.05) is 5.32 Å². The van der Waals surface area contributed by atoms with Crippen LogP contribution in [-0.4, -0.2) is 16.0 Å². The van der Waals surface area contributed by atoms with Gasteiger partial charge in [0.2, 0.25) is 0 Å². The molecule has 0 aliphatic carbocycles. The second-order valence-corrected chi connectivity index (χ2v) is 4.42. The molecule has 0 fully saturated rings. The number of phenolic OH excluding ortho intramolecular Hbond substituents is 1. The lowest BCUT2D eigenvalue weighted by atomic mass is 10.2. The van der Waals surface area contributed by atoms with Gasteiger partial charge in [0.25, 0.3) is 5.91 Å². The third-order valence-corrected chi connectivity index (χ3v) is 2.82. The molecular weight excluding hydrogens is 268 g/mol. The molecule has 1 aromatic heterocycles. The van der Waals surface area contributed by atoms with E-state index in [9.17, 15) is 14.7 Å². The highest BCUT2D eigenvalue weighted by Crippen LogP contribution is 2.26. The molecule has 6 heteroatoms. The average Bonchev–Trinajstić information content (AvgIpc) is 2.32. The molecule has 0 saturated carbocycles. The van der Waals surface area contributed by atoms with Crippen LogP contribution >= 0.6 is 11.6 Å². The SMILES string of the molecule is Cc1cc(=O)c(C(=O)Nc2ccc(O)cc2Cl)c[nH]1. The molecule has 0 atom stereocenters. The number of hydrogen-bond donors (Lipinski definition) is 3. The van der Waals surface area contributed by atoms with E-state index in [1.165, 1.54) is 30.5 Å². The minimum Gasteiger partial charge on any atom is -0.508 e. The van der Waals surface area contributed by atoms with Crippen LogP contribution in [0.1, 0.15) is 16.1 Å². The Morgan fingerprint density at radius 1 is 1.37 bits per heavy atom. The van der Waals surface area contributed by atoms with Crippen molar-refractivity contribution in [1.29, 1.82) is 0 Å². The number of aromatic hydroxyl groups is 1. The summed E-state index contributed by atoms with van der Waals surface area (Å²) >= 11 is 5.87. The molecule has 0 aliphatic rings. The zero-order valence-corrected chi connectivity index (χ0v) is 10.8. The van der Waals surface area contributed by atoms with Crippen LogP contribution in [0.25, 0.3) is 0 Å². The van der Waals surface area contributed by atoms with E-state index >= 15 is 0 Å². The van der Waals surface area contributed by atoms with Crippen molar-refractivity contribution in [3.05, 3.63) is 57.0 Å². The van der Waals surface area contributed by atoms with Gasteiger partial charge in [-0.15, -0.1) is 0 Å². The molecule has 5 nitrogen and oxygen atoms in total. The van der Waals surface area contributed by atoms with E-state index in [0.717, 1.165) is 0 Å². The van der Waals surface area contributed by atoms with Crippen LogP contribution < -0.4 is 10.7 Å². The molecule has 98 valence electrons. The summed E-state index contributed by atoms with van der Waals surface area (Å²) < 4.78 is 0. The Bertz CT molecular complexity index is 695. The van der Waals surface area contributed by atoms with Crippen molar-refractivity contribution in [3.63, 3.8) is 0 Å². The van der Waals surface area contributed by atoms with E-state index in [-0.39, 0.29) is 21.8 Å². The fourth-order valence-corrected chi connectivity index (χ4v) is 1.77. The maximum absolute atomic E-state index is 11.9. The third kappa shape index (κ3) is 2.95. The quantitative estimate of drug-likeness (QED) is 0.737. The van der Waals surface area contributed by atoms with Gasteiger partial charge in [-0.3, -0.25) is 9.59 Å². The predicted molar refractivity (Wildman–Crippen MR) is 72.9 cm³/mol. The Morgan fingerprint density at radius 3 is 2.74 bits per heavy atom. The molecule has 0 saturated heterocycles. The number of aromatic amines is 1. The third-order valence-electron chi connectivity index (χ3n) is 2.50. The van der Waals surface area contributed by atoms with Crippen molar-refractivity contribution in [2.45, 2.75) is 6.92 Å².